The van der Waals surface area contributed by atoms with Crippen LogP contribution >= 0.6 is 0 Å². The predicted octanol–water partition coefficient (Wildman–Crippen LogP) is -0.425. The van der Waals surface area contributed by atoms with Gasteiger partial charge in [-0.1, -0.05) is 0 Å². The Kier molecular flexibility index (Phi) is 5.88. The maximum Gasteiger partial charge on any atom is 0.320 e. The fraction of sp³-hybridized carbons (Fsp3) is 0.750. The minimum absolute atomic E-state index is 0.0867. The van der Waals surface area contributed by atoms with E-state index in [1.807, 2.05) is 0 Å². The lowest BCUT2D eigenvalue weighted by Gasteiger charge is -2.10. The van der Waals surface area contributed by atoms with Gasteiger partial charge in [-0.05, 0) is 19.9 Å². The molecule has 13 heavy (non-hydrogen) atoms. The van der Waals surface area contributed by atoms with Gasteiger partial charge in [0.05, 0.1) is 0 Å². The van der Waals surface area contributed by atoms with Gasteiger partial charge in [0.25, 0.3) is 0 Å². The molecule has 0 saturated heterocycles. The number of aliphatic carboxylic acids is 1. The van der Waals surface area contributed by atoms with Crippen molar-refractivity contribution < 1.29 is 14.7 Å². The van der Waals surface area contributed by atoms with Crippen LogP contribution in [0.4, 0.5) is 0 Å². The molecular weight excluding hydrogens is 172 g/mol. The molecule has 0 aromatic heterocycles. The highest BCUT2D eigenvalue weighted by Crippen LogP contribution is 1.95. The first-order chi connectivity index (χ1) is 6.07. The molecule has 0 radical (unpaired) electrons. The van der Waals surface area contributed by atoms with Gasteiger partial charge in [-0.15, -0.1) is 0 Å². The number of likely N-dealkylation sites (N-methyl/N-ethyl adjacent to an activating group) is 1. The summed E-state index contributed by atoms with van der Waals surface area (Å²) < 4.78 is 0. The third-order valence-corrected chi connectivity index (χ3v) is 1.69. The van der Waals surface area contributed by atoms with Gasteiger partial charge in [-0.2, -0.15) is 0 Å². The first kappa shape index (κ1) is 11.9. The number of carbonyl (C=O) groups excluding carboxylic acids is 1. The highest BCUT2D eigenvalue weighted by Gasteiger charge is 2.13. The molecule has 0 saturated carbocycles. The van der Waals surface area contributed by atoms with E-state index < -0.39 is 12.0 Å². The molecule has 0 fully saturated rings. The fourth-order valence-corrected chi connectivity index (χ4v) is 0.962. The zero-order valence-corrected chi connectivity index (χ0v) is 7.96. The number of nitrogens with one attached hydrogen (secondary N) is 2. The summed E-state index contributed by atoms with van der Waals surface area (Å²) in [5.41, 5.74) is 0. The molecular formula is C8H16N2O3. The molecule has 0 bridgehead atoms. The van der Waals surface area contributed by atoms with Crippen LogP contribution in [0.5, 0.6) is 0 Å². The van der Waals surface area contributed by atoms with Crippen molar-refractivity contribution in [3.8, 4) is 0 Å². The maximum atomic E-state index is 10.5. The van der Waals surface area contributed by atoms with Crippen molar-refractivity contribution in [2.75, 3.05) is 13.6 Å². The Labute approximate surface area is 77.5 Å². The van der Waals surface area contributed by atoms with Crippen molar-refractivity contribution in [1.29, 1.82) is 0 Å². The van der Waals surface area contributed by atoms with Gasteiger partial charge >= 0.3 is 5.97 Å². The molecule has 5 heteroatoms. The topological polar surface area (TPSA) is 78.4 Å². The molecule has 3 N–H and O–H groups in total. The van der Waals surface area contributed by atoms with E-state index in [4.69, 9.17) is 5.11 Å². The molecule has 0 aromatic carbocycles. The van der Waals surface area contributed by atoms with Gasteiger partial charge < -0.3 is 15.7 Å². The molecule has 1 atom stereocenters. The molecule has 5 nitrogen and oxygen atoms in total. The average molecular weight is 188 g/mol. The second-order valence-electron chi connectivity index (χ2n) is 2.80. The molecule has 0 aromatic rings. The van der Waals surface area contributed by atoms with Crippen molar-refractivity contribution in [2.24, 2.45) is 0 Å². The lowest BCUT2D eigenvalue weighted by Crippen LogP contribution is -2.34. The SMILES string of the molecule is CN[C@@H](CCCNC(C)=O)C(=O)O. The number of rotatable bonds is 6. The second-order valence-corrected chi connectivity index (χ2v) is 2.80. The van der Waals surface area contributed by atoms with Crippen LogP contribution < -0.4 is 10.6 Å². The Balaban J connectivity index is 3.50. The Morgan fingerprint density at radius 3 is 2.46 bits per heavy atom. The molecule has 0 spiro atoms. The maximum absolute atomic E-state index is 10.5. The van der Waals surface area contributed by atoms with Crippen LogP contribution in [0.25, 0.3) is 0 Å². The zero-order chi connectivity index (χ0) is 10.3. The highest BCUT2D eigenvalue weighted by molar-refractivity contribution is 5.73. The molecule has 0 aliphatic rings. The summed E-state index contributed by atoms with van der Waals surface area (Å²) in [5, 5.41) is 13.9. The van der Waals surface area contributed by atoms with Gasteiger partial charge in [0.15, 0.2) is 0 Å². The van der Waals surface area contributed by atoms with Gasteiger partial charge in [0, 0.05) is 13.5 Å². The number of hydrogen-bond donors (Lipinski definition) is 3. The van der Waals surface area contributed by atoms with Crippen molar-refractivity contribution in [1.82, 2.24) is 10.6 Å². The Morgan fingerprint density at radius 2 is 2.08 bits per heavy atom. The van der Waals surface area contributed by atoms with E-state index in [1.54, 1.807) is 7.05 Å². The normalized spacial score (nSPS) is 12.2. The van der Waals surface area contributed by atoms with Crippen molar-refractivity contribution >= 4 is 11.9 Å². The molecule has 0 aliphatic heterocycles. The second kappa shape index (κ2) is 6.42. The van der Waals surface area contributed by atoms with Gasteiger partial charge in [0.2, 0.25) is 5.91 Å². The van der Waals surface area contributed by atoms with Crippen molar-refractivity contribution in [2.45, 2.75) is 25.8 Å². The standard InChI is InChI=1S/C8H16N2O3/c1-6(11)10-5-3-4-7(9-2)8(12)13/h7,9H,3-5H2,1-2H3,(H,10,11)(H,12,13)/t7-/m0/s1. The number of amides is 1. The van der Waals surface area contributed by atoms with Crippen LogP contribution in [0, 0.1) is 0 Å². The quantitative estimate of drug-likeness (QED) is 0.494. The predicted molar refractivity (Wildman–Crippen MR) is 48.4 cm³/mol. The van der Waals surface area contributed by atoms with Crippen LogP contribution in [0.1, 0.15) is 19.8 Å². The van der Waals surface area contributed by atoms with E-state index in [0.29, 0.717) is 19.4 Å². The lowest BCUT2D eigenvalue weighted by molar-refractivity contribution is -0.139. The Hall–Kier alpha value is -1.10. The van der Waals surface area contributed by atoms with E-state index in [2.05, 4.69) is 10.6 Å². The number of carboxylic acids is 1. The van der Waals surface area contributed by atoms with E-state index in [0.717, 1.165) is 0 Å². The minimum Gasteiger partial charge on any atom is -0.480 e. The van der Waals surface area contributed by atoms with Crippen molar-refractivity contribution in [3.05, 3.63) is 0 Å². The Morgan fingerprint density at radius 1 is 1.46 bits per heavy atom. The van der Waals surface area contributed by atoms with Crippen LogP contribution in [0.2, 0.25) is 0 Å². The molecule has 0 unspecified atom stereocenters. The van der Waals surface area contributed by atoms with E-state index >= 15 is 0 Å². The summed E-state index contributed by atoms with van der Waals surface area (Å²) in [5.74, 6) is -0.943. The van der Waals surface area contributed by atoms with Crippen LogP contribution in [0.15, 0.2) is 0 Å². The van der Waals surface area contributed by atoms with Crippen LogP contribution in [-0.4, -0.2) is 36.6 Å². The highest BCUT2D eigenvalue weighted by atomic mass is 16.4. The smallest absolute Gasteiger partial charge is 0.320 e. The summed E-state index contributed by atoms with van der Waals surface area (Å²) >= 11 is 0. The number of hydrogen-bond acceptors (Lipinski definition) is 3. The van der Waals surface area contributed by atoms with E-state index in [1.165, 1.54) is 6.92 Å². The zero-order valence-electron chi connectivity index (χ0n) is 7.96. The molecule has 0 rings (SSSR count). The Bertz CT molecular complexity index is 182. The lowest BCUT2D eigenvalue weighted by atomic mass is 10.1. The molecule has 76 valence electrons. The molecule has 0 heterocycles. The summed E-state index contributed by atoms with van der Waals surface area (Å²) in [4.78, 5) is 21.0. The van der Waals surface area contributed by atoms with Gasteiger partial charge in [0.1, 0.15) is 6.04 Å². The summed E-state index contributed by atoms with van der Waals surface area (Å²) in [6, 6.07) is -0.520. The van der Waals surface area contributed by atoms with Crippen LogP contribution in [0.3, 0.4) is 0 Å². The summed E-state index contributed by atoms with van der Waals surface area (Å²) in [6.07, 6.45) is 1.18. The number of carbonyl (C=O) groups is 2. The van der Waals surface area contributed by atoms with Crippen molar-refractivity contribution in [3.63, 3.8) is 0 Å². The van der Waals surface area contributed by atoms with E-state index in [9.17, 15) is 9.59 Å². The first-order valence-electron chi connectivity index (χ1n) is 4.22. The van der Waals surface area contributed by atoms with Crippen LogP contribution in [-0.2, 0) is 9.59 Å². The third kappa shape index (κ3) is 6.10. The fourth-order valence-electron chi connectivity index (χ4n) is 0.962. The third-order valence-electron chi connectivity index (χ3n) is 1.69. The van der Waals surface area contributed by atoms with E-state index in [-0.39, 0.29) is 5.91 Å². The average Bonchev–Trinajstić information content (AvgIpc) is 2.03. The summed E-state index contributed by atoms with van der Waals surface area (Å²) in [6.45, 7) is 1.97. The largest absolute Gasteiger partial charge is 0.480 e. The number of carboxylic acid groups (broad SMARTS) is 1. The summed E-state index contributed by atoms with van der Waals surface area (Å²) in [7, 11) is 1.61. The first-order valence-corrected chi connectivity index (χ1v) is 4.22. The monoisotopic (exact) mass is 188 g/mol. The van der Waals surface area contributed by atoms with Gasteiger partial charge in [-0.3, -0.25) is 9.59 Å². The minimum atomic E-state index is -0.856. The molecule has 0 aliphatic carbocycles. The molecule has 1 amide bonds. The van der Waals surface area contributed by atoms with Gasteiger partial charge in [-0.25, -0.2) is 0 Å².